The summed E-state index contributed by atoms with van der Waals surface area (Å²) >= 11 is 0. The molecule has 21 heavy (non-hydrogen) atoms. The average molecular weight is 290 g/mol. The van der Waals surface area contributed by atoms with E-state index < -0.39 is 0 Å². The number of pyridine rings is 1. The van der Waals surface area contributed by atoms with Crippen LogP contribution in [0.4, 0.5) is 0 Å². The van der Waals surface area contributed by atoms with E-state index in [9.17, 15) is 4.79 Å². The first-order chi connectivity index (χ1) is 10.1. The molecule has 0 unspecified atom stereocenters. The van der Waals surface area contributed by atoms with E-state index in [1.165, 1.54) is 6.42 Å². The first-order valence-corrected chi connectivity index (χ1v) is 7.62. The highest BCUT2D eigenvalue weighted by molar-refractivity contribution is 5.95. The number of rotatable bonds is 3. The van der Waals surface area contributed by atoms with E-state index in [2.05, 4.69) is 4.98 Å². The molecule has 3 rings (SSSR count). The summed E-state index contributed by atoms with van der Waals surface area (Å²) in [5, 5.41) is 0. The summed E-state index contributed by atoms with van der Waals surface area (Å²) in [6.07, 6.45) is 6.58. The van der Waals surface area contributed by atoms with Crippen LogP contribution < -0.4 is 4.74 Å². The van der Waals surface area contributed by atoms with Gasteiger partial charge in [0.15, 0.2) is 0 Å². The Morgan fingerprint density at radius 1 is 1.43 bits per heavy atom. The number of hydrogen-bond donors (Lipinski definition) is 0. The van der Waals surface area contributed by atoms with Crippen molar-refractivity contribution < 1.29 is 14.3 Å². The van der Waals surface area contributed by atoms with E-state index in [1.54, 1.807) is 18.5 Å². The van der Waals surface area contributed by atoms with Crippen LogP contribution >= 0.6 is 0 Å². The summed E-state index contributed by atoms with van der Waals surface area (Å²) < 4.78 is 11.2. The van der Waals surface area contributed by atoms with Gasteiger partial charge in [-0.3, -0.25) is 9.78 Å². The fraction of sp³-hybridized carbons (Fsp3) is 0.625. The van der Waals surface area contributed by atoms with Gasteiger partial charge in [-0.25, -0.2) is 0 Å². The SMILES string of the molecule is CC(C)Oc1cncc(C(=O)N2CCOCC23CCC3)c1. The number of carbonyl (C=O) groups is 1. The number of aromatic nitrogens is 1. The van der Waals surface area contributed by atoms with Crippen molar-refractivity contribution in [2.24, 2.45) is 0 Å². The molecule has 1 aromatic heterocycles. The average Bonchev–Trinajstić information content (AvgIpc) is 2.44. The molecule has 2 heterocycles. The van der Waals surface area contributed by atoms with Crippen LogP contribution in [0.25, 0.3) is 0 Å². The molecule has 0 bridgehead atoms. The van der Waals surface area contributed by atoms with E-state index in [4.69, 9.17) is 9.47 Å². The lowest BCUT2D eigenvalue weighted by molar-refractivity contribution is -0.0877. The standard InChI is InChI=1S/C16H22N2O3/c1-12(2)21-14-8-13(9-17-10-14)15(19)18-6-7-20-11-16(18)4-3-5-16/h8-10,12H,3-7,11H2,1-2H3. The summed E-state index contributed by atoms with van der Waals surface area (Å²) in [5.74, 6) is 0.687. The number of morpholine rings is 1. The Morgan fingerprint density at radius 3 is 2.90 bits per heavy atom. The minimum Gasteiger partial charge on any atom is -0.489 e. The molecule has 1 amide bonds. The third-order valence-electron chi connectivity index (χ3n) is 4.26. The first kappa shape index (κ1) is 14.3. The first-order valence-electron chi connectivity index (χ1n) is 7.62. The second-order valence-corrected chi connectivity index (χ2v) is 6.16. The van der Waals surface area contributed by atoms with Gasteiger partial charge in [0.05, 0.1) is 36.6 Å². The molecule has 0 aromatic carbocycles. The molecule has 1 saturated heterocycles. The molecule has 5 nitrogen and oxygen atoms in total. The maximum Gasteiger partial charge on any atom is 0.256 e. The Morgan fingerprint density at radius 2 is 2.24 bits per heavy atom. The second kappa shape index (κ2) is 5.64. The van der Waals surface area contributed by atoms with Crippen molar-refractivity contribution >= 4 is 5.91 Å². The van der Waals surface area contributed by atoms with Gasteiger partial charge in [0.2, 0.25) is 0 Å². The Bertz CT molecular complexity index is 526. The summed E-state index contributed by atoms with van der Waals surface area (Å²) in [6.45, 7) is 5.85. The van der Waals surface area contributed by atoms with Crippen molar-refractivity contribution in [2.75, 3.05) is 19.8 Å². The third kappa shape index (κ3) is 2.75. The number of ether oxygens (including phenoxy) is 2. The molecule has 1 spiro atoms. The van der Waals surface area contributed by atoms with Crippen molar-refractivity contribution in [1.82, 2.24) is 9.88 Å². The maximum absolute atomic E-state index is 12.8. The van der Waals surface area contributed by atoms with Crippen LogP contribution in [-0.4, -0.2) is 47.2 Å². The largest absolute Gasteiger partial charge is 0.489 e. The van der Waals surface area contributed by atoms with E-state index in [0.717, 1.165) is 12.8 Å². The molecule has 0 radical (unpaired) electrons. The predicted molar refractivity (Wildman–Crippen MR) is 78.4 cm³/mol. The topological polar surface area (TPSA) is 51.7 Å². The minimum absolute atomic E-state index is 0.0414. The van der Waals surface area contributed by atoms with Gasteiger partial charge >= 0.3 is 0 Å². The van der Waals surface area contributed by atoms with Crippen LogP contribution in [0.15, 0.2) is 18.5 Å². The molecular formula is C16H22N2O3. The minimum atomic E-state index is -0.0791. The predicted octanol–water partition coefficient (Wildman–Crippen LogP) is 2.26. The van der Waals surface area contributed by atoms with Crippen LogP contribution in [0, 0.1) is 0 Å². The van der Waals surface area contributed by atoms with Gasteiger partial charge in [-0.2, -0.15) is 0 Å². The zero-order chi connectivity index (χ0) is 14.9. The number of hydrogen-bond acceptors (Lipinski definition) is 4. The molecule has 2 fully saturated rings. The van der Waals surface area contributed by atoms with E-state index >= 15 is 0 Å². The molecule has 0 N–H and O–H groups in total. The highest BCUT2D eigenvalue weighted by Crippen LogP contribution is 2.40. The van der Waals surface area contributed by atoms with Crippen molar-refractivity contribution in [3.05, 3.63) is 24.0 Å². The third-order valence-corrected chi connectivity index (χ3v) is 4.26. The normalized spacial score (nSPS) is 20.4. The second-order valence-electron chi connectivity index (χ2n) is 6.16. The zero-order valence-corrected chi connectivity index (χ0v) is 12.7. The van der Waals surface area contributed by atoms with Crippen molar-refractivity contribution in [1.29, 1.82) is 0 Å². The molecule has 1 aliphatic carbocycles. The van der Waals surface area contributed by atoms with Crippen LogP contribution in [0.2, 0.25) is 0 Å². The molecule has 1 saturated carbocycles. The molecule has 0 atom stereocenters. The summed E-state index contributed by atoms with van der Waals surface area (Å²) in [7, 11) is 0. The molecule has 2 aliphatic rings. The molecule has 114 valence electrons. The number of amides is 1. The Hall–Kier alpha value is -1.62. The fourth-order valence-electron chi connectivity index (χ4n) is 3.08. The Balaban J connectivity index is 1.80. The monoisotopic (exact) mass is 290 g/mol. The van der Waals surface area contributed by atoms with Gasteiger partial charge in [-0.15, -0.1) is 0 Å². The fourth-order valence-corrected chi connectivity index (χ4v) is 3.08. The van der Waals surface area contributed by atoms with Gasteiger partial charge < -0.3 is 14.4 Å². The van der Waals surface area contributed by atoms with Crippen molar-refractivity contribution in [3.63, 3.8) is 0 Å². The van der Waals surface area contributed by atoms with Gasteiger partial charge in [-0.05, 0) is 39.2 Å². The van der Waals surface area contributed by atoms with Crippen LogP contribution in [0.3, 0.4) is 0 Å². The van der Waals surface area contributed by atoms with Gasteiger partial charge in [0.25, 0.3) is 5.91 Å². The van der Waals surface area contributed by atoms with E-state index in [0.29, 0.717) is 31.1 Å². The van der Waals surface area contributed by atoms with Gasteiger partial charge in [-0.1, -0.05) is 0 Å². The lowest BCUT2D eigenvalue weighted by Crippen LogP contribution is -2.62. The smallest absolute Gasteiger partial charge is 0.256 e. The molecule has 1 aromatic rings. The highest BCUT2D eigenvalue weighted by Gasteiger charge is 2.47. The molecule has 1 aliphatic heterocycles. The van der Waals surface area contributed by atoms with E-state index in [1.807, 2.05) is 18.7 Å². The van der Waals surface area contributed by atoms with Crippen molar-refractivity contribution in [3.8, 4) is 5.75 Å². The zero-order valence-electron chi connectivity index (χ0n) is 12.7. The van der Waals surface area contributed by atoms with E-state index in [-0.39, 0.29) is 17.6 Å². The Labute approximate surface area is 125 Å². The number of nitrogens with zero attached hydrogens (tertiary/aromatic N) is 2. The Kier molecular flexibility index (Phi) is 3.85. The molecule has 5 heteroatoms. The van der Waals surface area contributed by atoms with Crippen LogP contribution in [-0.2, 0) is 4.74 Å². The lowest BCUT2D eigenvalue weighted by atomic mass is 9.75. The van der Waals surface area contributed by atoms with Gasteiger partial charge in [0.1, 0.15) is 5.75 Å². The summed E-state index contributed by atoms with van der Waals surface area (Å²) in [5.41, 5.74) is 0.519. The quantitative estimate of drug-likeness (QED) is 0.857. The van der Waals surface area contributed by atoms with Gasteiger partial charge in [0, 0.05) is 12.7 Å². The highest BCUT2D eigenvalue weighted by atomic mass is 16.5. The summed E-state index contributed by atoms with van der Waals surface area (Å²) in [4.78, 5) is 18.9. The lowest BCUT2D eigenvalue weighted by Gasteiger charge is -2.52. The number of carbonyl (C=O) groups excluding carboxylic acids is 1. The molecular weight excluding hydrogens is 268 g/mol. The van der Waals surface area contributed by atoms with Crippen LogP contribution in [0.5, 0.6) is 5.75 Å². The van der Waals surface area contributed by atoms with Crippen molar-refractivity contribution in [2.45, 2.75) is 44.8 Å². The maximum atomic E-state index is 12.8. The van der Waals surface area contributed by atoms with Crippen LogP contribution in [0.1, 0.15) is 43.5 Å². The summed E-state index contributed by atoms with van der Waals surface area (Å²) in [6, 6.07) is 1.79.